The van der Waals surface area contributed by atoms with Crippen molar-refractivity contribution in [3.8, 4) is 0 Å². The van der Waals surface area contributed by atoms with Gasteiger partial charge in [-0.3, -0.25) is 0 Å². The Morgan fingerprint density at radius 2 is 1.65 bits per heavy atom. The van der Waals surface area contributed by atoms with Crippen LogP contribution in [-0.2, 0) is 11.8 Å². The number of hydrogen-bond acceptors (Lipinski definition) is 1. The molecule has 20 heavy (non-hydrogen) atoms. The van der Waals surface area contributed by atoms with Gasteiger partial charge in [-0.1, -0.05) is 57.2 Å². The third-order valence-corrected chi connectivity index (χ3v) is 4.22. The summed E-state index contributed by atoms with van der Waals surface area (Å²) in [4.78, 5) is 0. The van der Waals surface area contributed by atoms with Gasteiger partial charge in [0.25, 0.3) is 0 Å². The van der Waals surface area contributed by atoms with Crippen LogP contribution in [-0.4, -0.2) is 0 Å². The maximum Gasteiger partial charge on any atom is 0.0519 e. The second kappa shape index (κ2) is 4.97. The minimum Gasteiger partial charge on any atom is -0.378 e. The molecule has 0 saturated carbocycles. The Kier molecular flexibility index (Phi) is 3.29. The van der Waals surface area contributed by atoms with Gasteiger partial charge in [-0.05, 0) is 47.1 Å². The monoisotopic (exact) mass is 265 g/mol. The van der Waals surface area contributed by atoms with E-state index in [0.29, 0.717) is 6.04 Å². The summed E-state index contributed by atoms with van der Waals surface area (Å²) in [5.41, 5.74) is 5.79. The smallest absolute Gasteiger partial charge is 0.0519 e. The van der Waals surface area contributed by atoms with Crippen LogP contribution < -0.4 is 5.32 Å². The topological polar surface area (TPSA) is 12.0 Å². The number of fused-ring (bicyclic) bond motifs is 1. The first-order chi connectivity index (χ1) is 9.54. The van der Waals surface area contributed by atoms with Crippen LogP contribution in [0.4, 0.5) is 5.69 Å². The molecule has 1 aliphatic rings. The molecule has 1 unspecified atom stereocenters. The van der Waals surface area contributed by atoms with Gasteiger partial charge in [-0.2, -0.15) is 0 Å². The highest BCUT2D eigenvalue weighted by molar-refractivity contribution is 5.49. The first kappa shape index (κ1) is 13.2. The Hall–Kier alpha value is -1.76. The second-order valence-corrected chi connectivity index (χ2v) is 6.76. The van der Waals surface area contributed by atoms with Gasteiger partial charge in [0.2, 0.25) is 0 Å². The Bertz CT molecular complexity index is 590. The van der Waals surface area contributed by atoms with E-state index in [1.807, 2.05) is 0 Å². The first-order valence-electron chi connectivity index (χ1n) is 7.49. The summed E-state index contributed by atoms with van der Waals surface area (Å²) in [7, 11) is 0. The van der Waals surface area contributed by atoms with Crippen LogP contribution >= 0.6 is 0 Å². The zero-order valence-corrected chi connectivity index (χ0v) is 12.6. The average Bonchev–Trinajstić information content (AvgIpc) is 2.82. The molecular formula is C19H23N. The number of benzene rings is 2. The third-order valence-electron chi connectivity index (χ3n) is 4.22. The number of rotatable bonds is 2. The summed E-state index contributed by atoms with van der Waals surface area (Å²) in [6.45, 7) is 6.76. The highest BCUT2D eigenvalue weighted by atomic mass is 14.9. The van der Waals surface area contributed by atoms with Crippen molar-refractivity contribution in [1.82, 2.24) is 0 Å². The lowest BCUT2D eigenvalue weighted by molar-refractivity contribution is 0.590. The Morgan fingerprint density at radius 3 is 2.35 bits per heavy atom. The summed E-state index contributed by atoms with van der Waals surface area (Å²) in [6.07, 6.45) is 2.38. The zero-order valence-electron chi connectivity index (χ0n) is 12.6. The van der Waals surface area contributed by atoms with Crippen LogP contribution in [0, 0.1) is 0 Å². The molecule has 0 saturated heterocycles. The summed E-state index contributed by atoms with van der Waals surface area (Å²) >= 11 is 0. The Labute approximate surface area is 122 Å². The van der Waals surface area contributed by atoms with Crippen molar-refractivity contribution in [2.75, 3.05) is 5.32 Å². The predicted molar refractivity (Wildman–Crippen MR) is 86.3 cm³/mol. The molecule has 2 aromatic carbocycles. The second-order valence-electron chi connectivity index (χ2n) is 6.76. The van der Waals surface area contributed by atoms with Crippen molar-refractivity contribution >= 4 is 5.69 Å². The molecule has 0 aliphatic heterocycles. The van der Waals surface area contributed by atoms with Crippen LogP contribution in [0.1, 0.15) is 49.9 Å². The van der Waals surface area contributed by atoms with E-state index in [0.717, 1.165) is 0 Å². The quantitative estimate of drug-likeness (QED) is 0.798. The lowest BCUT2D eigenvalue weighted by Gasteiger charge is -2.20. The highest BCUT2D eigenvalue weighted by Gasteiger charge is 2.21. The van der Waals surface area contributed by atoms with Gasteiger partial charge in [0.05, 0.1) is 6.04 Å². The zero-order chi connectivity index (χ0) is 14.2. The van der Waals surface area contributed by atoms with Gasteiger partial charge in [0, 0.05) is 5.69 Å². The summed E-state index contributed by atoms with van der Waals surface area (Å²) in [6, 6.07) is 18.1. The fraction of sp³-hybridized carbons (Fsp3) is 0.368. The fourth-order valence-corrected chi connectivity index (χ4v) is 2.97. The largest absolute Gasteiger partial charge is 0.378 e. The van der Waals surface area contributed by atoms with Crippen LogP contribution in [0.5, 0.6) is 0 Å². The van der Waals surface area contributed by atoms with E-state index in [4.69, 9.17) is 0 Å². The molecule has 0 heterocycles. The van der Waals surface area contributed by atoms with Crippen molar-refractivity contribution in [3.63, 3.8) is 0 Å². The molecule has 104 valence electrons. The first-order valence-corrected chi connectivity index (χ1v) is 7.49. The van der Waals surface area contributed by atoms with Crippen molar-refractivity contribution in [3.05, 3.63) is 65.2 Å². The predicted octanol–water partition coefficient (Wildman–Crippen LogP) is 5.08. The molecule has 1 heteroatoms. The SMILES string of the molecule is CC(C)(C)c1ccc(NC2CCc3ccccc32)cc1. The molecule has 0 amide bonds. The lowest BCUT2D eigenvalue weighted by Crippen LogP contribution is -2.11. The lowest BCUT2D eigenvalue weighted by atomic mass is 9.87. The van der Waals surface area contributed by atoms with Crippen molar-refractivity contribution in [1.29, 1.82) is 0 Å². The molecule has 0 spiro atoms. The highest BCUT2D eigenvalue weighted by Crippen LogP contribution is 2.34. The maximum atomic E-state index is 3.68. The molecule has 3 rings (SSSR count). The number of anilines is 1. The van der Waals surface area contributed by atoms with Gasteiger partial charge < -0.3 is 5.32 Å². The number of hydrogen-bond donors (Lipinski definition) is 1. The standard InChI is InChI=1S/C19H23N/c1-19(2,3)15-9-11-16(12-10-15)20-18-13-8-14-6-4-5-7-17(14)18/h4-7,9-12,18,20H,8,13H2,1-3H3. The van der Waals surface area contributed by atoms with E-state index in [9.17, 15) is 0 Å². The number of nitrogens with one attached hydrogen (secondary N) is 1. The van der Waals surface area contributed by atoms with Gasteiger partial charge in [0.1, 0.15) is 0 Å². The molecule has 0 bridgehead atoms. The molecule has 1 atom stereocenters. The van der Waals surface area contributed by atoms with E-state index < -0.39 is 0 Å². The molecule has 0 fully saturated rings. The van der Waals surface area contributed by atoms with Crippen LogP contribution in [0.15, 0.2) is 48.5 Å². The van der Waals surface area contributed by atoms with E-state index in [-0.39, 0.29) is 5.41 Å². The molecule has 1 nitrogen and oxygen atoms in total. The Morgan fingerprint density at radius 1 is 0.950 bits per heavy atom. The third kappa shape index (κ3) is 2.58. The van der Waals surface area contributed by atoms with E-state index >= 15 is 0 Å². The number of aryl methyl sites for hydroxylation is 1. The van der Waals surface area contributed by atoms with Crippen LogP contribution in [0.3, 0.4) is 0 Å². The maximum absolute atomic E-state index is 3.68. The molecule has 1 aliphatic carbocycles. The van der Waals surface area contributed by atoms with Crippen LogP contribution in [0.25, 0.3) is 0 Å². The van der Waals surface area contributed by atoms with E-state index in [1.54, 1.807) is 0 Å². The minimum absolute atomic E-state index is 0.221. The Balaban J connectivity index is 1.76. The van der Waals surface area contributed by atoms with Gasteiger partial charge in [-0.15, -0.1) is 0 Å². The van der Waals surface area contributed by atoms with Gasteiger partial charge in [-0.25, -0.2) is 0 Å². The van der Waals surface area contributed by atoms with E-state index in [2.05, 4.69) is 74.6 Å². The van der Waals surface area contributed by atoms with Crippen LogP contribution in [0.2, 0.25) is 0 Å². The van der Waals surface area contributed by atoms with Crippen molar-refractivity contribution < 1.29 is 0 Å². The minimum atomic E-state index is 0.221. The fourth-order valence-electron chi connectivity index (χ4n) is 2.97. The molecule has 0 aromatic heterocycles. The molecule has 0 radical (unpaired) electrons. The molecule has 2 aromatic rings. The summed E-state index contributed by atoms with van der Waals surface area (Å²) < 4.78 is 0. The van der Waals surface area contributed by atoms with Gasteiger partial charge in [0.15, 0.2) is 0 Å². The van der Waals surface area contributed by atoms with Gasteiger partial charge >= 0.3 is 0 Å². The van der Waals surface area contributed by atoms with Crippen molar-refractivity contribution in [2.45, 2.75) is 45.1 Å². The summed E-state index contributed by atoms with van der Waals surface area (Å²) in [5, 5.41) is 3.68. The van der Waals surface area contributed by atoms with Crippen molar-refractivity contribution in [2.24, 2.45) is 0 Å². The molecule has 1 N–H and O–H groups in total. The average molecular weight is 265 g/mol. The van der Waals surface area contributed by atoms with E-state index in [1.165, 1.54) is 35.2 Å². The molecular weight excluding hydrogens is 242 g/mol. The summed E-state index contributed by atoms with van der Waals surface area (Å²) in [5.74, 6) is 0. The normalized spacial score (nSPS) is 17.9.